The second-order valence-electron chi connectivity index (χ2n) is 5.55. The molecule has 0 radical (unpaired) electrons. The number of nitrogens with zero attached hydrogens (tertiary/aromatic N) is 1. The average molecular weight is 316 g/mol. The SMILES string of the molecule is C=CCNC(=O)c1c(CC)c(-c2ccccc2)nc2ccccc12. The number of nitrogens with one attached hydrogen (secondary N) is 1. The molecule has 0 aliphatic carbocycles. The highest BCUT2D eigenvalue weighted by Crippen LogP contribution is 2.30. The van der Waals surface area contributed by atoms with Crippen LogP contribution >= 0.6 is 0 Å². The number of hydrogen-bond donors (Lipinski definition) is 1. The number of hydrogen-bond acceptors (Lipinski definition) is 2. The highest BCUT2D eigenvalue weighted by atomic mass is 16.1. The van der Waals surface area contributed by atoms with Gasteiger partial charge in [-0.15, -0.1) is 6.58 Å². The Morgan fingerprint density at radius 1 is 1.12 bits per heavy atom. The van der Waals surface area contributed by atoms with Crippen LogP contribution in [-0.2, 0) is 6.42 Å². The van der Waals surface area contributed by atoms with Crippen LogP contribution in [0.2, 0.25) is 0 Å². The first-order valence-electron chi connectivity index (χ1n) is 8.12. The van der Waals surface area contributed by atoms with E-state index in [4.69, 9.17) is 4.98 Å². The summed E-state index contributed by atoms with van der Waals surface area (Å²) in [6, 6.07) is 17.8. The molecule has 1 aromatic heterocycles. The molecule has 1 heterocycles. The number of aromatic nitrogens is 1. The number of benzene rings is 2. The highest BCUT2D eigenvalue weighted by Gasteiger charge is 2.19. The Labute approximate surface area is 142 Å². The van der Waals surface area contributed by atoms with Crippen LogP contribution in [0.4, 0.5) is 0 Å². The minimum Gasteiger partial charge on any atom is -0.349 e. The molecule has 1 amide bonds. The quantitative estimate of drug-likeness (QED) is 0.710. The molecule has 3 aromatic rings. The van der Waals surface area contributed by atoms with Crippen molar-refractivity contribution in [1.82, 2.24) is 10.3 Å². The molecular formula is C21H20N2O. The van der Waals surface area contributed by atoms with Gasteiger partial charge in [0.1, 0.15) is 0 Å². The van der Waals surface area contributed by atoms with Crippen LogP contribution in [0.25, 0.3) is 22.2 Å². The molecular weight excluding hydrogens is 296 g/mol. The Bertz CT molecular complexity index is 885. The summed E-state index contributed by atoms with van der Waals surface area (Å²) in [5.41, 5.74) is 4.42. The lowest BCUT2D eigenvalue weighted by Crippen LogP contribution is -2.25. The van der Waals surface area contributed by atoms with Gasteiger partial charge >= 0.3 is 0 Å². The summed E-state index contributed by atoms with van der Waals surface area (Å²) in [7, 11) is 0. The van der Waals surface area contributed by atoms with Gasteiger partial charge in [0.25, 0.3) is 5.91 Å². The van der Waals surface area contributed by atoms with Crippen LogP contribution in [0.3, 0.4) is 0 Å². The van der Waals surface area contributed by atoms with Gasteiger partial charge in [-0.25, -0.2) is 4.98 Å². The zero-order valence-corrected chi connectivity index (χ0v) is 13.8. The van der Waals surface area contributed by atoms with E-state index in [1.807, 2.05) is 54.6 Å². The van der Waals surface area contributed by atoms with E-state index in [1.54, 1.807) is 6.08 Å². The second-order valence-corrected chi connectivity index (χ2v) is 5.55. The number of carbonyl (C=O) groups excluding carboxylic acids is 1. The van der Waals surface area contributed by atoms with Crippen LogP contribution in [-0.4, -0.2) is 17.4 Å². The number of para-hydroxylation sites is 1. The molecule has 3 rings (SSSR count). The highest BCUT2D eigenvalue weighted by molar-refractivity contribution is 6.09. The van der Waals surface area contributed by atoms with Crippen LogP contribution in [0.15, 0.2) is 67.3 Å². The van der Waals surface area contributed by atoms with Crippen molar-refractivity contribution < 1.29 is 4.79 Å². The fourth-order valence-electron chi connectivity index (χ4n) is 2.94. The molecule has 24 heavy (non-hydrogen) atoms. The first kappa shape index (κ1) is 15.9. The predicted octanol–water partition coefficient (Wildman–Crippen LogP) is 4.38. The largest absolute Gasteiger partial charge is 0.349 e. The maximum Gasteiger partial charge on any atom is 0.252 e. The second kappa shape index (κ2) is 7.09. The van der Waals surface area contributed by atoms with Crippen molar-refractivity contribution in [2.75, 3.05) is 6.54 Å². The van der Waals surface area contributed by atoms with Crippen molar-refractivity contribution in [3.05, 3.63) is 78.4 Å². The van der Waals surface area contributed by atoms with Crippen LogP contribution in [0, 0.1) is 0 Å². The molecule has 0 bridgehead atoms. The van der Waals surface area contributed by atoms with Crippen LogP contribution < -0.4 is 5.32 Å². The minimum atomic E-state index is -0.0810. The third kappa shape index (κ3) is 2.93. The average Bonchev–Trinajstić information content (AvgIpc) is 2.65. The number of rotatable bonds is 5. The van der Waals surface area contributed by atoms with E-state index in [-0.39, 0.29) is 5.91 Å². The van der Waals surface area contributed by atoms with Crippen molar-refractivity contribution >= 4 is 16.8 Å². The van der Waals surface area contributed by atoms with Crippen molar-refractivity contribution in [2.45, 2.75) is 13.3 Å². The van der Waals surface area contributed by atoms with Crippen molar-refractivity contribution in [3.63, 3.8) is 0 Å². The monoisotopic (exact) mass is 316 g/mol. The minimum absolute atomic E-state index is 0.0810. The topological polar surface area (TPSA) is 42.0 Å². The molecule has 0 aliphatic rings. The number of fused-ring (bicyclic) bond motifs is 1. The molecule has 3 heteroatoms. The molecule has 0 fully saturated rings. The van der Waals surface area contributed by atoms with E-state index in [1.165, 1.54) is 0 Å². The molecule has 0 atom stereocenters. The van der Waals surface area contributed by atoms with Crippen molar-refractivity contribution in [2.24, 2.45) is 0 Å². The third-order valence-corrected chi connectivity index (χ3v) is 4.03. The number of pyridine rings is 1. The molecule has 0 aliphatic heterocycles. The van der Waals surface area contributed by atoms with E-state index >= 15 is 0 Å². The number of carbonyl (C=O) groups is 1. The Kier molecular flexibility index (Phi) is 4.71. The van der Waals surface area contributed by atoms with Gasteiger partial charge in [0.2, 0.25) is 0 Å². The Morgan fingerprint density at radius 2 is 1.83 bits per heavy atom. The van der Waals surface area contributed by atoms with E-state index < -0.39 is 0 Å². The molecule has 3 nitrogen and oxygen atoms in total. The molecule has 1 N–H and O–H groups in total. The maximum absolute atomic E-state index is 12.8. The summed E-state index contributed by atoms with van der Waals surface area (Å²) in [5.74, 6) is -0.0810. The van der Waals surface area contributed by atoms with Gasteiger partial charge < -0.3 is 5.32 Å². The van der Waals surface area contributed by atoms with Gasteiger partial charge in [-0.1, -0.05) is 61.5 Å². The molecule has 0 saturated heterocycles. The van der Waals surface area contributed by atoms with Gasteiger partial charge in [-0.2, -0.15) is 0 Å². The van der Waals surface area contributed by atoms with Crippen molar-refractivity contribution in [1.29, 1.82) is 0 Å². The lowest BCUT2D eigenvalue weighted by atomic mass is 9.94. The zero-order chi connectivity index (χ0) is 16.9. The van der Waals surface area contributed by atoms with Gasteiger partial charge in [0.05, 0.1) is 16.8 Å². The summed E-state index contributed by atoms with van der Waals surface area (Å²) in [6.07, 6.45) is 2.42. The normalized spacial score (nSPS) is 10.5. The van der Waals surface area contributed by atoms with E-state index in [0.29, 0.717) is 12.1 Å². The maximum atomic E-state index is 12.8. The van der Waals surface area contributed by atoms with E-state index in [2.05, 4.69) is 18.8 Å². The lowest BCUT2D eigenvalue weighted by Gasteiger charge is -2.16. The molecule has 0 spiro atoms. The van der Waals surface area contributed by atoms with Crippen LogP contribution in [0.1, 0.15) is 22.8 Å². The van der Waals surface area contributed by atoms with E-state index in [9.17, 15) is 4.79 Å². The lowest BCUT2D eigenvalue weighted by molar-refractivity contribution is 0.0959. The smallest absolute Gasteiger partial charge is 0.252 e. The number of amides is 1. The van der Waals surface area contributed by atoms with Gasteiger partial charge in [0, 0.05) is 17.5 Å². The standard InChI is InChI=1S/C21H20N2O/c1-3-14-22-21(24)19-16(4-2)20(15-10-6-5-7-11-15)23-18-13-9-8-12-17(18)19/h3,5-13H,1,4,14H2,2H3,(H,22,24). The first-order chi connectivity index (χ1) is 11.8. The molecule has 2 aromatic carbocycles. The summed E-state index contributed by atoms with van der Waals surface area (Å²) in [5, 5.41) is 3.79. The Balaban J connectivity index is 2.30. The van der Waals surface area contributed by atoms with Gasteiger partial charge in [0.15, 0.2) is 0 Å². The molecule has 0 unspecified atom stereocenters. The van der Waals surface area contributed by atoms with E-state index in [0.717, 1.165) is 34.1 Å². The summed E-state index contributed by atoms with van der Waals surface area (Å²) < 4.78 is 0. The molecule has 0 saturated carbocycles. The van der Waals surface area contributed by atoms with Crippen LogP contribution in [0.5, 0.6) is 0 Å². The first-order valence-corrected chi connectivity index (χ1v) is 8.12. The Hall–Kier alpha value is -2.94. The third-order valence-electron chi connectivity index (χ3n) is 4.03. The zero-order valence-electron chi connectivity index (χ0n) is 13.8. The fourth-order valence-corrected chi connectivity index (χ4v) is 2.94. The molecule has 120 valence electrons. The Morgan fingerprint density at radius 3 is 2.54 bits per heavy atom. The summed E-state index contributed by atoms with van der Waals surface area (Å²) in [6.45, 7) is 6.17. The fraction of sp³-hybridized carbons (Fsp3) is 0.143. The summed E-state index contributed by atoms with van der Waals surface area (Å²) >= 11 is 0. The summed E-state index contributed by atoms with van der Waals surface area (Å²) in [4.78, 5) is 17.6. The predicted molar refractivity (Wildman–Crippen MR) is 99.1 cm³/mol. The van der Waals surface area contributed by atoms with Gasteiger partial charge in [-0.3, -0.25) is 4.79 Å². The van der Waals surface area contributed by atoms with Crippen molar-refractivity contribution in [3.8, 4) is 11.3 Å². The van der Waals surface area contributed by atoms with Gasteiger partial charge in [-0.05, 0) is 18.1 Å².